The summed E-state index contributed by atoms with van der Waals surface area (Å²) in [6, 6.07) is 5.89. The maximum Gasteiger partial charge on any atom is 0.0670 e. The molecule has 0 aliphatic heterocycles. The summed E-state index contributed by atoms with van der Waals surface area (Å²) in [5, 5.41) is 9.16. The van der Waals surface area contributed by atoms with E-state index in [-0.39, 0.29) is 0 Å². The van der Waals surface area contributed by atoms with Crippen molar-refractivity contribution in [3.8, 4) is 6.07 Å². The molecule has 62 valence electrons. The second-order valence-corrected chi connectivity index (χ2v) is 3.80. The molecule has 0 aliphatic carbocycles. The zero-order valence-corrected chi connectivity index (χ0v) is 8.91. The molecule has 0 spiro atoms. The Kier molecular flexibility index (Phi) is 3.13. The lowest BCUT2D eigenvalue weighted by molar-refractivity contribution is 1.23. The Bertz CT molecular complexity index is 318. The summed E-state index contributed by atoms with van der Waals surface area (Å²) in [6.45, 7) is 1.97. The van der Waals surface area contributed by atoms with Crippen LogP contribution < -0.4 is 0 Å². The van der Waals surface area contributed by atoms with E-state index in [0.29, 0.717) is 11.4 Å². The van der Waals surface area contributed by atoms with Gasteiger partial charge >= 0.3 is 0 Å². The average molecular weight is 245 g/mol. The van der Waals surface area contributed by atoms with E-state index in [4.69, 9.17) is 16.9 Å². The number of hydrogen-bond donors (Lipinski definition) is 0. The molecule has 0 saturated heterocycles. The first-order chi connectivity index (χ1) is 5.65. The van der Waals surface area contributed by atoms with Crippen LogP contribution in [0, 0.1) is 18.3 Å². The summed E-state index contributed by atoms with van der Waals surface area (Å²) in [7, 11) is 0. The van der Waals surface area contributed by atoms with Crippen molar-refractivity contribution in [3.05, 3.63) is 32.8 Å². The van der Waals surface area contributed by atoms with Gasteiger partial charge in [0, 0.05) is 9.50 Å². The van der Waals surface area contributed by atoms with Crippen LogP contribution in [0.4, 0.5) is 0 Å². The third-order valence-corrected chi connectivity index (χ3v) is 2.59. The summed E-state index contributed by atoms with van der Waals surface area (Å²) < 4.78 is 0.911. The SMILES string of the molecule is Cc1cc(Cl)c(CC#N)c(Br)c1. The minimum Gasteiger partial charge on any atom is -0.198 e. The van der Waals surface area contributed by atoms with Crippen molar-refractivity contribution in [2.45, 2.75) is 13.3 Å². The molecule has 1 aromatic carbocycles. The molecule has 12 heavy (non-hydrogen) atoms. The highest BCUT2D eigenvalue weighted by molar-refractivity contribution is 9.10. The van der Waals surface area contributed by atoms with Crippen molar-refractivity contribution >= 4 is 27.5 Å². The van der Waals surface area contributed by atoms with Crippen LogP contribution in [0.3, 0.4) is 0 Å². The highest BCUT2D eigenvalue weighted by atomic mass is 79.9. The van der Waals surface area contributed by atoms with E-state index >= 15 is 0 Å². The van der Waals surface area contributed by atoms with Gasteiger partial charge in [0.25, 0.3) is 0 Å². The van der Waals surface area contributed by atoms with Gasteiger partial charge in [0.1, 0.15) is 0 Å². The van der Waals surface area contributed by atoms with Crippen LogP contribution in [0.5, 0.6) is 0 Å². The fourth-order valence-corrected chi connectivity index (χ4v) is 2.15. The van der Waals surface area contributed by atoms with Crippen LogP contribution >= 0.6 is 27.5 Å². The van der Waals surface area contributed by atoms with E-state index < -0.39 is 0 Å². The molecule has 1 aromatic rings. The molecule has 0 bridgehead atoms. The number of benzene rings is 1. The van der Waals surface area contributed by atoms with Gasteiger partial charge in [0.05, 0.1) is 12.5 Å². The molecule has 0 radical (unpaired) electrons. The molecule has 1 rings (SSSR count). The van der Waals surface area contributed by atoms with E-state index in [1.165, 1.54) is 0 Å². The van der Waals surface area contributed by atoms with Crippen molar-refractivity contribution in [2.75, 3.05) is 0 Å². The van der Waals surface area contributed by atoms with Crippen molar-refractivity contribution in [1.29, 1.82) is 5.26 Å². The Labute approximate surface area is 85.1 Å². The van der Waals surface area contributed by atoms with E-state index in [9.17, 15) is 0 Å². The molecular weight excluding hydrogens is 237 g/mol. The molecule has 3 heteroatoms. The van der Waals surface area contributed by atoms with Crippen LogP contribution in [-0.4, -0.2) is 0 Å². The van der Waals surface area contributed by atoms with Gasteiger partial charge in [-0.25, -0.2) is 0 Å². The highest BCUT2D eigenvalue weighted by Gasteiger charge is 2.05. The second kappa shape index (κ2) is 3.93. The van der Waals surface area contributed by atoms with Crippen LogP contribution in [0.25, 0.3) is 0 Å². The van der Waals surface area contributed by atoms with Crippen LogP contribution in [0.15, 0.2) is 16.6 Å². The molecule has 0 N–H and O–H groups in total. The fourth-order valence-electron chi connectivity index (χ4n) is 0.978. The van der Waals surface area contributed by atoms with Gasteiger partial charge in [0.2, 0.25) is 0 Å². The summed E-state index contributed by atoms with van der Waals surface area (Å²) >= 11 is 9.30. The summed E-state index contributed by atoms with van der Waals surface area (Å²) in [5.41, 5.74) is 1.96. The van der Waals surface area contributed by atoms with Crippen molar-refractivity contribution < 1.29 is 0 Å². The Balaban J connectivity index is 3.21. The molecule has 0 fully saturated rings. The van der Waals surface area contributed by atoms with Crippen LogP contribution in [-0.2, 0) is 6.42 Å². The Hall–Kier alpha value is -0.520. The lowest BCUT2D eigenvalue weighted by atomic mass is 10.1. The van der Waals surface area contributed by atoms with Gasteiger partial charge in [-0.2, -0.15) is 5.26 Å². The standard InChI is InChI=1S/C9H7BrClN/c1-6-4-8(10)7(2-3-12)9(11)5-6/h4-5H,2H2,1H3. The Morgan fingerprint density at radius 1 is 1.58 bits per heavy atom. The molecule has 0 atom stereocenters. The van der Waals surface area contributed by atoms with Crippen molar-refractivity contribution in [3.63, 3.8) is 0 Å². The largest absolute Gasteiger partial charge is 0.198 e. The predicted molar refractivity (Wildman–Crippen MR) is 53.2 cm³/mol. The first-order valence-electron chi connectivity index (χ1n) is 3.46. The molecule has 0 unspecified atom stereocenters. The van der Waals surface area contributed by atoms with Gasteiger partial charge in [0.15, 0.2) is 0 Å². The van der Waals surface area contributed by atoms with Crippen LogP contribution in [0.2, 0.25) is 5.02 Å². The van der Waals surface area contributed by atoms with E-state index in [1.807, 2.05) is 19.1 Å². The third kappa shape index (κ3) is 2.00. The maximum atomic E-state index is 8.51. The third-order valence-electron chi connectivity index (χ3n) is 1.54. The lowest BCUT2D eigenvalue weighted by Crippen LogP contribution is -1.87. The Morgan fingerprint density at radius 3 is 2.75 bits per heavy atom. The minimum atomic E-state index is 0.347. The van der Waals surface area contributed by atoms with Gasteiger partial charge in [-0.3, -0.25) is 0 Å². The summed E-state index contributed by atoms with van der Waals surface area (Å²) in [6.07, 6.45) is 0.347. The topological polar surface area (TPSA) is 23.8 Å². The van der Waals surface area contributed by atoms with Crippen molar-refractivity contribution in [1.82, 2.24) is 0 Å². The number of nitrogens with zero attached hydrogens (tertiary/aromatic N) is 1. The number of hydrogen-bond acceptors (Lipinski definition) is 1. The molecule has 0 aliphatic rings. The van der Waals surface area contributed by atoms with E-state index in [0.717, 1.165) is 15.6 Å². The summed E-state index contributed by atoms with van der Waals surface area (Å²) in [5.74, 6) is 0. The van der Waals surface area contributed by atoms with Gasteiger partial charge in [-0.15, -0.1) is 0 Å². The summed E-state index contributed by atoms with van der Waals surface area (Å²) in [4.78, 5) is 0. The molecule has 0 aromatic heterocycles. The molecule has 0 heterocycles. The fraction of sp³-hybridized carbons (Fsp3) is 0.222. The second-order valence-electron chi connectivity index (χ2n) is 2.54. The first-order valence-corrected chi connectivity index (χ1v) is 4.63. The molecule has 0 amide bonds. The number of nitriles is 1. The first kappa shape index (κ1) is 9.57. The average Bonchev–Trinajstić information content (AvgIpc) is 1.96. The van der Waals surface area contributed by atoms with E-state index in [2.05, 4.69) is 22.0 Å². The molecular formula is C9H7BrClN. The smallest absolute Gasteiger partial charge is 0.0670 e. The van der Waals surface area contributed by atoms with E-state index in [1.54, 1.807) is 0 Å². The predicted octanol–water partition coefficient (Wildman–Crippen LogP) is 3.48. The van der Waals surface area contributed by atoms with Crippen molar-refractivity contribution in [2.24, 2.45) is 0 Å². The number of halogens is 2. The zero-order valence-electron chi connectivity index (χ0n) is 6.56. The van der Waals surface area contributed by atoms with Gasteiger partial charge in [-0.1, -0.05) is 27.5 Å². The van der Waals surface area contributed by atoms with Gasteiger partial charge < -0.3 is 0 Å². The monoisotopic (exact) mass is 243 g/mol. The highest BCUT2D eigenvalue weighted by Crippen LogP contribution is 2.26. The quantitative estimate of drug-likeness (QED) is 0.742. The lowest BCUT2D eigenvalue weighted by Gasteiger charge is -2.03. The Morgan fingerprint density at radius 2 is 2.25 bits per heavy atom. The maximum absolute atomic E-state index is 8.51. The van der Waals surface area contributed by atoms with Crippen LogP contribution in [0.1, 0.15) is 11.1 Å². The normalized spacial score (nSPS) is 9.50. The number of aryl methyl sites for hydroxylation is 1. The zero-order chi connectivity index (χ0) is 9.14. The molecule has 0 saturated carbocycles. The molecule has 1 nitrogen and oxygen atoms in total. The minimum absolute atomic E-state index is 0.347. The van der Waals surface area contributed by atoms with Gasteiger partial charge in [-0.05, 0) is 30.2 Å². The number of rotatable bonds is 1.